The van der Waals surface area contributed by atoms with Crippen molar-refractivity contribution in [3.8, 4) is 5.69 Å². The smallest absolute Gasteiger partial charge is 0.276 e. The van der Waals surface area contributed by atoms with Crippen LogP contribution in [0.3, 0.4) is 0 Å². The van der Waals surface area contributed by atoms with Crippen molar-refractivity contribution >= 4 is 5.91 Å². The Morgan fingerprint density at radius 2 is 2.00 bits per heavy atom. The minimum absolute atomic E-state index is 0.0923. The van der Waals surface area contributed by atoms with Crippen molar-refractivity contribution in [2.45, 2.75) is 19.8 Å². The summed E-state index contributed by atoms with van der Waals surface area (Å²) >= 11 is 0. The molecule has 1 aromatic carbocycles. The van der Waals surface area contributed by atoms with Gasteiger partial charge in [-0.2, -0.15) is 9.90 Å². The van der Waals surface area contributed by atoms with Crippen molar-refractivity contribution < 1.29 is 9.18 Å². The number of piperidine rings is 1. The Labute approximate surface area is 140 Å². The van der Waals surface area contributed by atoms with Gasteiger partial charge in [0.1, 0.15) is 5.82 Å². The topological polar surface area (TPSA) is 63.1 Å². The molecule has 0 bridgehead atoms. The molecule has 0 saturated carbocycles. The summed E-state index contributed by atoms with van der Waals surface area (Å²) in [5, 5.41) is 11.7. The second-order valence-electron chi connectivity index (χ2n) is 6.04. The third-order valence-corrected chi connectivity index (χ3v) is 4.35. The van der Waals surface area contributed by atoms with Crippen LogP contribution in [0.15, 0.2) is 30.5 Å². The second-order valence-corrected chi connectivity index (χ2v) is 6.04. The first-order chi connectivity index (χ1) is 11.7. The normalized spacial score (nSPS) is 15.7. The molecule has 0 atom stereocenters. The van der Waals surface area contributed by atoms with Crippen LogP contribution >= 0.6 is 0 Å². The molecule has 24 heavy (non-hydrogen) atoms. The Bertz CT molecular complexity index is 677. The zero-order valence-corrected chi connectivity index (χ0v) is 13.8. The number of carbonyl (C=O) groups is 1. The Morgan fingerprint density at radius 1 is 1.29 bits per heavy atom. The third-order valence-electron chi connectivity index (χ3n) is 4.35. The van der Waals surface area contributed by atoms with Gasteiger partial charge in [0, 0.05) is 13.1 Å². The van der Waals surface area contributed by atoms with Crippen molar-refractivity contribution in [3.63, 3.8) is 0 Å². The molecule has 128 valence electrons. The Morgan fingerprint density at radius 3 is 2.67 bits per heavy atom. The molecule has 1 aromatic heterocycles. The summed E-state index contributed by atoms with van der Waals surface area (Å²) in [6, 6.07) is 5.84. The van der Waals surface area contributed by atoms with E-state index < -0.39 is 0 Å². The third kappa shape index (κ3) is 3.79. The highest BCUT2D eigenvalue weighted by Gasteiger charge is 2.25. The van der Waals surface area contributed by atoms with Gasteiger partial charge in [-0.25, -0.2) is 4.39 Å². The van der Waals surface area contributed by atoms with Gasteiger partial charge in [0.05, 0.1) is 11.9 Å². The summed E-state index contributed by atoms with van der Waals surface area (Å²) < 4.78 is 13.0. The van der Waals surface area contributed by atoms with Gasteiger partial charge in [-0.1, -0.05) is 6.92 Å². The molecule has 1 amide bonds. The number of likely N-dealkylation sites (tertiary alicyclic amines) is 1. The maximum absolute atomic E-state index is 13.0. The average Bonchev–Trinajstić information content (AvgIpc) is 3.10. The summed E-state index contributed by atoms with van der Waals surface area (Å²) in [5.41, 5.74) is 0.948. The quantitative estimate of drug-likeness (QED) is 0.908. The monoisotopic (exact) mass is 331 g/mol. The fourth-order valence-corrected chi connectivity index (χ4v) is 2.91. The van der Waals surface area contributed by atoms with Gasteiger partial charge >= 0.3 is 0 Å². The number of benzene rings is 1. The molecule has 1 N–H and O–H groups in total. The van der Waals surface area contributed by atoms with Gasteiger partial charge in [-0.05, 0) is 56.1 Å². The molecule has 0 unspecified atom stereocenters. The first-order valence-electron chi connectivity index (χ1n) is 8.35. The Hall–Kier alpha value is -2.28. The predicted octanol–water partition coefficient (Wildman–Crippen LogP) is 1.87. The lowest BCUT2D eigenvalue weighted by molar-refractivity contribution is 0.0684. The zero-order chi connectivity index (χ0) is 16.9. The van der Waals surface area contributed by atoms with Crippen LogP contribution < -0.4 is 5.32 Å². The maximum Gasteiger partial charge on any atom is 0.276 e. The van der Waals surface area contributed by atoms with E-state index in [4.69, 9.17) is 0 Å². The van der Waals surface area contributed by atoms with Crippen LogP contribution in [-0.4, -0.2) is 52.0 Å². The van der Waals surface area contributed by atoms with E-state index in [0.717, 1.165) is 39.0 Å². The van der Waals surface area contributed by atoms with Crippen LogP contribution in [0.2, 0.25) is 0 Å². The molecule has 1 aliphatic heterocycles. The molecule has 2 aromatic rings. The van der Waals surface area contributed by atoms with E-state index >= 15 is 0 Å². The van der Waals surface area contributed by atoms with E-state index in [1.54, 1.807) is 12.1 Å². The molecule has 7 heteroatoms. The van der Waals surface area contributed by atoms with Gasteiger partial charge in [-0.15, -0.1) is 5.10 Å². The summed E-state index contributed by atoms with van der Waals surface area (Å²) in [6.07, 6.45) is 3.48. The predicted molar refractivity (Wildman–Crippen MR) is 88.5 cm³/mol. The largest absolute Gasteiger partial charge is 0.337 e. The molecule has 0 aliphatic carbocycles. The molecule has 2 heterocycles. The molecule has 0 radical (unpaired) electrons. The molecule has 1 aliphatic rings. The molecule has 1 saturated heterocycles. The van der Waals surface area contributed by atoms with Crippen molar-refractivity contribution in [3.05, 3.63) is 42.0 Å². The minimum atomic E-state index is -0.317. The SMILES string of the molecule is CCNCC1CCN(C(=O)c2cnn(-c3ccc(F)cc3)n2)CC1. The number of amides is 1. The lowest BCUT2D eigenvalue weighted by Gasteiger charge is -2.31. The number of hydrogen-bond donors (Lipinski definition) is 1. The van der Waals surface area contributed by atoms with Crippen LogP contribution in [0, 0.1) is 11.7 Å². The number of aromatic nitrogens is 3. The first kappa shape index (κ1) is 16.6. The number of nitrogens with one attached hydrogen (secondary N) is 1. The Balaban J connectivity index is 1.61. The van der Waals surface area contributed by atoms with Gasteiger partial charge < -0.3 is 10.2 Å². The lowest BCUT2D eigenvalue weighted by Crippen LogP contribution is -2.41. The summed E-state index contributed by atoms with van der Waals surface area (Å²) in [5.74, 6) is 0.219. The molecule has 6 nitrogen and oxygen atoms in total. The summed E-state index contributed by atoms with van der Waals surface area (Å²) in [6.45, 7) is 5.59. The van der Waals surface area contributed by atoms with Crippen LogP contribution in [0.1, 0.15) is 30.3 Å². The lowest BCUT2D eigenvalue weighted by atomic mass is 9.96. The second kappa shape index (κ2) is 7.53. The number of nitrogens with zero attached hydrogens (tertiary/aromatic N) is 4. The highest BCUT2D eigenvalue weighted by molar-refractivity contribution is 5.92. The minimum Gasteiger partial charge on any atom is -0.337 e. The number of rotatable bonds is 5. The van der Waals surface area contributed by atoms with Gasteiger partial charge in [0.15, 0.2) is 5.69 Å². The van der Waals surface area contributed by atoms with Crippen LogP contribution in [-0.2, 0) is 0 Å². The van der Waals surface area contributed by atoms with Gasteiger partial charge in [0.25, 0.3) is 5.91 Å². The van der Waals surface area contributed by atoms with Gasteiger partial charge in [-0.3, -0.25) is 4.79 Å². The standard InChI is InChI=1S/C17H22FN5O/c1-2-19-11-13-7-9-22(10-8-13)17(24)16-12-20-23(21-16)15-5-3-14(18)4-6-15/h3-6,12-13,19H,2,7-11H2,1H3. The number of carbonyl (C=O) groups excluding carboxylic acids is 1. The van der Waals surface area contributed by atoms with E-state index in [-0.39, 0.29) is 11.7 Å². The molecule has 1 fully saturated rings. The fourth-order valence-electron chi connectivity index (χ4n) is 2.91. The average molecular weight is 331 g/mol. The number of halogens is 1. The van der Waals surface area contributed by atoms with E-state index in [1.807, 2.05) is 4.90 Å². The van der Waals surface area contributed by atoms with Gasteiger partial charge in [0.2, 0.25) is 0 Å². The highest BCUT2D eigenvalue weighted by Crippen LogP contribution is 2.18. The first-order valence-corrected chi connectivity index (χ1v) is 8.35. The highest BCUT2D eigenvalue weighted by atomic mass is 19.1. The Kier molecular flexibility index (Phi) is 5.20. The van der Waals surface area contributed by atoms with Crippen molar-refractivity contribution in [1.82, 2.24) is 25.2 Å². The van der Waals surface area contributed by atoms with Crippen LogP contribution in [0.4, 0.5) is 4.39 Å². The van der Waals surface area contributed by atoms with Crippen molar-refractivity contribution in [2.75, 3.05) is 26.2 Å². The molecule has 0 spiro atoms. The van der Waals surface area contributed by atoms with E-state index in [2.05, 4.69) is 22.4 Å². The summed E-state index contributed by atoms with van der Waals surface area (Å²) in [4.78, 5) is 15.7. The van der Waals surface area contributed by atoms with Crippen molar-refractivity contribution in [2.24, 2.45) is 5.92 Å². The van der Waals surface area contributed by atoms with E-state index in [1.165, 1.54) is 23.1 Å². The van der Waals surface area contributed by atoms with E-state index in [0.29, 0.717) is 17.3 Å². The van der Waals surface area contributed by atoms with Crippen LogP contribution in [0.5, 0.6) is 0 Å². The molecular formula is C17H22FN5O. The van der Waals surface area contributed by atoms with E-state index in [9.17, 15) is 9.18 Å². The van der Waals surface area contributed by atoms with Crippen LogP contribution in [0.25, 0.3) is 5.69 Å². The summed E-state index contributed by atoms with van der Waals surface area (Å²) in [7, 11) is 0. The molecule has 3 rings (SSSR count). The fraction of sp³-hybridized carbons (Fsp3) is 0.471. The number of hydrogen-bond acceptors (Lipinski definition) is 4. The maximum atomic E-state index is 13.0. The molecular weight excluding hydrogens is 309 g/mol. The van der Waals surface area contributed by atoms with Crippen molar-refractivity contribution in [1.29, 1.82) is 0 Å². The zero-order valence-electron chi connectivity index (χ0n) is 13.8.